The average Bonchev–Trinajstić information content (AvgIpc) is 2.48. The molecule has 6 nitrogen and oxygen atoms in total. The van der Waals surface area contributed by atoms with E-state index in [1.54, 1.807) is 0 Å². The molecule has 1 aliphatic rings. The molecule has 0 radical (unpaired) electrons. The number of nitrogens with zero attached hydrogens (tertiary/aromatic N) is 3. The van der Waals surface area contributed by atoms with E-state index in [0.717, 1.165) is 44.8 Å². The van der Waals surface area contributed by atoms with Crippen LogP contribution in [0.4, 0.5) is 11.5 Å². The Kier molecular flexibility index (Phi) is 5.40. The zero-order valence-corrected chi connectivity index (χ0v) is 12.3. The molecule has 0 aromatic carbocycles. The number of hydrogen-bond donors (Lipinski definition) is 1. The van der Waals surface area contributed by atoms with Gasteiger partial charge in [0.1, 0.15) is 12.0 Å². The third-order valence-electron chi connectivity index (χ3n) is 3.41. The standard InChI is InChI=1S/C14H24N4O2/c1-3-9-20-14-12(15)13(16-10-17-14)18-7-5-11(6-8-18)19-4-2/h10-11H,3-9,15H2,1-2H3. The SMILES string of the molecule is CCCOc1ncnc(N2CCC(OCC)CC2)c1N. The lowest BCUT2D eigenvalue weighted by atomic mass is 10.1. The number of hydrogen-bond acceptors (Lipinski definition) is 6. The molecule has 0 spiro atoms. The lowest BCUT2D eigenvalue weighted by molar-refractivity contribution is 0.0458. The highest BCUT2D eigenvalue weighted by Crippen LogP contribution is 2.30. The van der Waals surface area contributed by atoms with Crippen molar-refractivity contribution >= 4 is 11.5 Å². The number of ether oxygens (including phenoxy) is 2. The Morgan fingerprint density at radius 2 is 2.05 bits per heavy atom. The van der Waals surface area contributed by atoms with Gasteiger partial charge in [0.2, 0.25) is 5.88 Å². The largest absolute Gasteiger partial charge is 0.476 e. The van der Waals surface area contributed by atoms with E-state index in [-0.39, 0.29) is 0 Å². The average molecular weight is 280 g/mol. The molecule has 1 aromatic rings. The molecule has 1 saturated heterocycles. The number of nitrogen functional groups attached to an aromatic ring is 1. The van der Waals surface area contributed by atoms with Crippen LogP contribution in [0.5, 0.6) is 5.88 Å². The van der Waals surface area contributed by atoms with Gasteiger partial charge in [0.15, 0.2) is 5.82 Å². The Bertz CT molecular complexity index is 420. The van der Waals surface area contributed by atoms with Gasteiger partial charge in [0.05, 0.1) is 12.7 Å². The molecule has 0 bridgehead atoms. The van der Waals surface area contributed by atoms with E-state index in [0.29, 0.717) is 24.3 Å². The van der Waals surface area contributed by atoms with E-state index in [1.807, 2.05) is 6.92 Å². The Morgan fingerprint density at radius 3 is 2.70 bits per heavy atom. The topological polar surface area (TPSA) is 73.5 Å². The molecule has 0 atom stereocenters. The van der Waals surface area contributed by atoms with Gasteiger partial charge in [-0.2, -0.15) is 4.98 Å². The Morgan fingerprint density at radius 1 is 1.30 bits per heavy atom. The van der Waals surface area contributed by atoms with Gasteiger partial charge in [-0.25, -0.2) is 4.98 Å². The highest BCUT2D eigenvalue weighted by molar-refractivity contribution is 5.67. The zero-order valence-electron chi connectivity index (χ0n) is 12.3. The number of aromatic nitrogens is 2. The van der Waals surface area contributed by atoms with Crippen LogP contribution in [-0.4, -0.2) is 42.4 Å². The van der Waals surface area contributed by atoms with Crippen LogP contribution in [0.25, 0.3) is 0 Å². The fraction of sp³-hybridized carbons (Fsp3) is 0.714. The molecule has 0 saturated carbocycles. The summed E-state index contributed by atoms with van der Waals surface area (Å²) in [5.74, 6) is 1.27. The normalized spacial score (nSPS) is 16.4. The molecule has 1 aliphatic heterocycles. The molecule has 2 heterocycles. The molecule has 1 aromatic heterocycles. The quantitative estimate of drug-likeness (QED) is 0.857. The summed E-state index contributed by atoms with van der Waals surface area (Å²) >= 11 is 0. The molecular formula is C14H24N4O2. The van der Waals surface area contributed by atoms with Gasteiger partial charge in [-0.05, 0) is 26.2 Å². The van der Waals surface area contributed by atoms with Gasteiger partial charge in [-0.1, -0.05) is 6.92 Å². The first kappa shape index (κ1) is 14.8. The molecule has 0 amide bonds. The molecule has 6 heteroatoms. The molecule has 0 unspecified atom stereocenters. The van der Waals surface area contributed by atoms with Crippen LogP contribution in [0.1, 0.15) is 33.1 Å². The summed E-state index contributed by atoms with van der Waals surface area (Å²) in [5, 5.41) is 0. The van der Waals surface area contributed by atoms with E-state index >= 15 is 0 Å². The first-order valence-corrected chi connectivity index (χ1v) is 7.36. The molecule has 20 heavy (non-hydrogen) atoms. The summed E-state index contributed by atoms with van der Waals surface area (Å²) in [7, 11) is 0. The molecule has 1 fully saturated rings. The number of anilines is 2. The van der Waals surface area contributed by atoms with Crippen LogP contribution in [0.2, 0.25) is 0 Å². The van der Waals surface area contributed by atoms with Gasteiger partial charge in [-0.3, -0.25) is 0 Å². The van der Waals surface area contributed by atoms with Crippen molar-refractivity contribution in [3.8, 4) is 5.88 Å². The van der Waals surface area contributed by atoms with Gasteiger partial charge < -0.3 is 20.1 Å². The fourth-order valence-corrected chi connectivity index (χ4v) is 2.41. The van der Waals surface area contributed by atoms with Gasteiger partial charge in [0.25, 0.3) is 0 Å². The molecule has 112 valence electrons. The highest BCUT2D eigenvalue weighted by atomic mass is 16.5. The Labute approximate surface area is 120 Å². The Balaban J connectivity index is 2.02. The predicted molar refractivity (Wildman–Crippen MR) is 79.1 cm³/mol. The minimum absolute atomic E-state index is 0.357. The summed E-state index contributed by atoms with van der Waals surface area (Å²) < 4.78 is 11.2. The summed E-state index contributed by atoms with van der Waals surface area (Å²) in [5.41, 5.74) is 6.66. The molecule has 2 N–H and O–H groups in total. The van der Waals surface area contributed by atoms with Gasteiger partial charge in [0, 0.05) is 19.7 Å². The first-order valence-electron chi connectivity index (χ1n) is 7.36. The number of rotatable bonds is 6. The maximum absolute atomic E-state index is 6.13. The smallest absolute Gasteiger partial charge is 0.242 e. The summed E-state index contributed by atoms with van der Waals surface area (Å²) in [6.07, 6.45) is 4.81. The van der Waals surface area contributed by atoms with Crippen molar-refractivity contribution in [3.05, 3.63) is 6.33 Å². The van der Waals surface area contributed by atoms with Crippen molar-refractivity contribution < 1.29 is 9.47 Å². The van der Waals surface area contributed by atoms with Crippen LogP contribution in [0.15, 0.2) is 6.33 Å². The molecule has 2 rings (SSSR count). The monoisotopic (exact) mass is 280 g/mol. The van der Waals surface area contributed by atoms with Crippen molar-refractivity contribution in [2.45, 2.75) is 39.2 Å². The van der Waals surface area contributed by atoms with Crippen molar-refractivity contribution in [2.75, 3.05) is 36.9 Å². The van der Waals surface area contributed by atoms with E-state index < -0.39 is 0 Å². The highest BCUT2D eigenvalue weighted by Gasteiger charge is 2.23. The van der Waals surface area contributed by atoms with Gasteiger partial charge in [-0.15, -0.1) is 0 Å². The van der Waals surface area contributed by atoms with E-state index in [1.165, 1.54) is 6.33 Å². The van der Waals surface area contributed by atoms with Crippen molar-refractivity contribution in [2.24, 2.45) is 0 Å². The first-order chi connectivity index (χ1) is 9.76. The maximum Gasteiger partial charge on any atom is 0.242 e. The maximum atomic E-state index is 6.13. The number of piperidine rings is 1. The van der Waals surface area contributed by atoms with E-state index in [2.05, 4.69) is 21.8 Å². The van der Waals surface area contributed by atoms with Crippen molar-refractivity contribution in [3.63, 3.8) is 0 Å². The predicted octanol–water partition coefficient (Wildman–Crippen LogP) is 1.85. The number of nitrogens with two attached hydrogens (primary N) is 1. The lowest BCUT2D eigenvalue weighted by Crippen LogP contribution is -2.38. The van der Waals surface area contributed by atoms with Crippen molar-refractivity contribution in [1.82, 2.24) is 9.97 Å². The minimum atomic E-state index is 0.357. The summed E-state index contributed by atoms with van der Waals surface area (Å²) in [6.45, 7) is 7.28. The van der Waals surface area contributed by atoms with Crippen LogP contribution < -0.4 is 15.4 Å². The summed E-state index contributed by atoms with van der Waals surface area (Å²) in [6, 6.07) is 0. The second-order valence-electron chi connectivity index (χ2n) is 4.91. The zero-order chi connectivity index (χ0) is 14.4. The molecule has 0 aliphatic carbocycles. The lowest BCUT2D eigenvalue weighted by Gasteiger charge is -2.33. The van der Waals surface area contributed by atoms with Crippen LogP contribution >= 0.6 is 0 Å². The van der Waals surface area contributed by atoms with Gasteiger partial charge >= 0.3 is 0 Å². The second-order valence-corrected chi connectivity index (χ2v) is 4.91. The van der Waals surface area contributed by atoms with Crippen LogP contribution in [-0.2, 0) is 4.74 Å². The van der Waals surface area contributed by atoms with E-state index in [9.17, 15) is 0 Å². The summed E-state index contributed by atoms with van der Waals surface area (Å²) in [4.78, 5) is 10.6. The third kappa shape index (κ3) is 3.50. The minimum Gasteiger partial charge on any atom is -0.476 e. The fourth-order valence-electron chi connectivity index (χ4n) is 2.41. The van der Waals surface area contributed by atoms with Crippen molar-refractivity contribution in [1.29, 1.82) is 0 Å². The van der Waals surface area contributed by atoms with Crippen LogP contribution in [0, 0.1) is 0 Å². The molecular weight excluding hydrogens is 256 g/mol. The Hall–Kier alpha value is -1.56. The van der Waals surface area contributed by atoms with Crippen LogP contribution in [0.3, 0.4) is 0 Å². The third-order valence-corrected chi connectivity index (χ3v) is 3.41. The second kappa shape index (κ2) is 7.28. The van der Waals surface area contributed by atoms with E-state index in [4.69, 9.17) is 15.2 Å².